The van der Waals surface area contributed by atoms with Crippen LogP contribution in [-0.4, -0.2) is 115 Å². The van der Waals surface area contributed by atoms with Gasteiger partial charge in [0.05, 0.1) is 0 Å². The van der Waals surface area contributed by atoms with Crippen LogP contribution in [0.15, 0.2) is 0 Å². The molecule has 9 heavy (non-hydrogen) atoms. The Kier molecular flexibility index (Phi) is 44.2. The largest absolute Gasteiger partial charge is 0.316 e. The zero-order valence-electron chi connectivity index (χ0n) is 2.62. The summed E-state index contributed by atoms with van der Waals surface area (Å²) in [4.78, 5) is 0. The molecule has 0 saturated carbocycles. The van der Waals surface area contributed by atoms with Crippen molar-refractivity contribution in [3.8, 4) is 0 Å². The first-order chi connectivity index (χ1) is 2.00. The molecule has 4 N–H and O–H groups in total. The SMILES string of the molecule is O.O=S(=O)(O)O.[AlH3].[KH].[MgH2]. The number of hydrogen-bond acceptors (Lipinski definition) is 2. The van der Waals surface area contributed by atoms with Gasteiger partial charge in [-0.15, -0.1) is 0 Å². The third-order valence-electron chi connectivity index (χ3n) is 0. The molecule has 0 rings (SSSR count). The average Bonchev–Trinajstić information content (AvgIpc) is 0.722. The maximum atomic E-state index is 8.74. The minimum Gasteiger partial charge on any atom is 0.316 e. The molecule has 0 atom stereocenters. The molecule has 0 unspecified atom stereocenters. The molecule has 0 aromatic heterocycles. The van der Waals surface area contributed by atoms with Crippen molar-refractivity contribution < 1.29 is 23.0 Å². The molecule has 0 saturated heterocycles. The normalized spacial score (nSPS) is 6.44. The topological polar surface area (TPSA) is 106 Å². The fourth-order valence-electron chi connectivity index (χ4n) is 0. The van der Waals surface area contributed by atoms with Crippen LogP contribution in [0.25, 0.3) is 0 Å². The van der Waals surface area contributed by atoms with Crippen LogP contribution >= 0.6 is 0 Å². The first-order valence-corrected chi connectivity index (χ1v) is 2.10. The second-order valence-corrected chi connectivity index (χ2v) is 1.34. The first-order valence-electron chi connectivity index (χ1n) is 0.698. The molecular formula is H10AlKMgO5S. The van der Waals surface area contributed by atoms with E-state index >= 15 is 0 Å². The van der Waals surface area contributed by atoms with Crippen LogP contribution < -0.4 is 0 Å². The molecule has 0 aromatic carbocycles. The van der Waals surface area contributed by atoms with E-state index in [0.717, 1.165) is 0 Å². The van der Waals surface area contributed by atoms with Crippen molar-refractivity contribution >= 4 is 102 Å². The van der Waals surface area contributed by atoms with E-state index in [-0.39, 0.29) is 97.3 Å². The zero-order valence-corrected chi connectivity index (χ0v) is 3.44. The Morgan fingerprint density at radius 3 is 1.11 bits per heavy atom. The fraction of sp³-hybridized carbons (Fsp3) is 0. The van der Waals surface area contributed by atoms with E-state index in [4.69, 9.17) is 17.5 Å². The average molecular weight is 213 g/mol. The molecule has 0 heterocycles. The van der Waals surface area contributed by atoms with E-state index in [9.17, 15) is 0 Å². The molecule has 9 heteroatoms. The van der Waals surface area contributed by atoms with Gasteiger partial charge in [-0.05, 0) is 0 Å². The molecule has 0 aliphatic heterocycles. The third-order valence-corrected chi connectivity index (χ3v) is 0. The second-order valence-electron chi connectivity index (χ2n) is 0.448. The van der Waals surface area contributed by atoms with Crippen molar-refractivity contribution in [2.75, 3.05) is 0 Å². The predicted octanol–water partition coefficient (Wildman–Crippen LogP) is -4.23. The summed E-state index contributed by atoms with van der Waals surface area (Å²) in [6.45, 7) is 0. The maximum absolute atomic E-state index is 8.74. The molecule has 0 spiro atoms. The van der Waals surface area contributed by atoms with Crippen molar-refractivity contribution in [2.24, 2.45) is 0 Å². The van der Waals surface area contributed by atoms with Gasteiger partial charge in [0, 0.05) is 0 Å². The third kappa shape index (κ3) is 108. The molecular weight excluding hydrogens is 202 g/mol. The summed E-state index contributed by atoms with van der Waals surface area (Å²) >= 11 is 0. The van der Waals surface area contributed by atoms with E-state index in [2.05, 4.69) is 0 Å². The summed E-state index contributed by atoms with van der Waals surface area (Å²) in [5.74, 6) is 0. The van der Waals surface area contributed by atoms with E-state index in [1.165, 1.54) is 0 Å². The summed E-state index contributed by atoms with van der Waals surface area (Å²) in [7, 11) is -4.67. The summed E-state index contributed by atoms with van der Waals surface area (Å²) in [5.41, 5.74) is 0. The standard InChI is InChI=1S/Al.K.Mg.H2O4S.H2O.6H/c;;;1-5(2,3)4;;;;;;;/h;;;(H2,1,2,3,4);1H2;;;;;;. The van der Waals surface area contributed by atoms with Crippen LogP contribution in [0.2, 0.25) is 0 Å². The van der Waals surface area contributed by atoms with E-state index in [0.29, 0.717) is 0 Å². The van der Waals surface area contributed by atoms with Crippen molar-refractivity contribution in [1.82, 2.24) is 0 Å². The van der Waals surface area contributed by atoms with Crippen LogP contribution in [0.1, 0.15) is 0 Å². The monoisotopic (exact) mass is 212 g/mol. The minimum atomic E-state index is -4.67. The second kappa shape index (κ2) is 13.4. The number of rotatable bonds is 0. The van der Waals surface area contributed by atoms with Gasteiger partial charge in [0.15, 0.2) is 17.4 Å². The van der Waals surface area contributed by atoms with Gasteiger partial charge >= 0.3 is 84.8 Å². The molecule has 52 valence electrons. The van der Waals surface area contributed by atoms with Gasteiger partial charge in [-0.2, -0.15) is 8.42 Å². The Hall–Kier alpha value is 2.77. The number of hydrogen-bond donors (Lipinski definition) is 2. The van der Waals surface area contributed by atoms with Crippen molar-refractivity contribution in [2.45, 2.75) is 0 Å². The summed E-state index contributed by atoms with van der Waals surface area (Å²) in [5, 5.41) is 0. The maximum Gasteiger partial charge on any atom is 0.316 e. The molecule has 0 amide bonds. The van der Waals surface area contributed by atoms with Crippen LogP contribution in [0, 0.1) is 0 Å². The molecule has 0 aromatic rings. The van der Waals surface area contributed by atoms with E-state index in [1.807, 2.05) is 0 Å². The van der Waals surface area contributed by atoms with Gasteiger partial charge in [-0.25, -0.2) is 0 Å². The van der Waals surface area contributed by atoms with Crippen molar-refractivity contribution in [3.05, 3.63) is 0 Å². The van der Waals surface area contributed by atoms with Gasteiger partial charge < -0.3 is 5.48 Å². The Labute approximate surface area is 123 Å². The van der Waals surface area contributed by atoms with Gasteiger partial charge in [-0.1, -0.05) is 0 Å². The Morgan fingerprint density at radius 2 is 1.11 bits per heavy atom. The summed E-state index contributed by atoms with van der Waals surface area (Å²) in [6.07, 6.45) is 0. The molecule has 0 fully saturated rings. The summed E-state index contributed by atoms with van der Waals surface area (Å²) < 4.78 is 31.6. The van der Waals surface area contributed by atoms with Crippen molar-refractivity contribution in [1.29, 1.82) is 0 Å². The zero-order chi connectivity index (χ0) is 4.50. The van der Waals surface area contributed by atoms with Crippen LogP contribution in [0.3, 0.4) is 0 Å². The van der Waals surface area contributed by atoms with E-state index < -0.39 is 10.4 Å². The molecule has 0 bridgehead atoms. The van der Waals surface area contributed by atoms with Crippen LogP contribution in [0.5, 0.6) is 0 Å². The molecule has 0 aliphatic carbocycles. The van der Waals surface area contributed by atoms with Gasteiger partial charge in [-0.3, -0.25) is 9.11 Å². The molecule has 5 nitrogen and oxygen atoms in total. The minimum absolute atomic E-state index is 0. The summed E-state index contributed by atoms with van der Waals surface area (Å²) in [6, 6.07) is 0. The Bertz CT molecular complexity index is 100. The van der Waals surface area contributed by atoms with Crippen LogP contribution in [0.4, 0.5) is 0 Å². The van der Waals surface area contributed by atoms with E-state index in [1.54, 1.807) is 0 Å². The quantitative estimate of drug-likeness (QED) is 0.313. The smallest absolute Gasteiger partial charge is 0.316 e. The molecule has 0 aliphatic rings. The van der Waals surface area contributed by atoms with Crippen LogP contribution in [-0.2, 0) is 10.4 Å². The first kappa shape index (κ1) is 29.8. The Morgan fingerprint density at radius 1 is 1.11 bits per heavy atom. The Balaban J connectivity index is -0.0000000133. The predicted molar refractivity (Wildman–Crippen MR) is 43.4 cm³/mol. The van der Waals surface area contributed by atoms with Gasteiger partial charge in [0.25, 0.3) is 0 Å². The van der Waals surface area contributed by atoms with Crippen molar-refractivity contribution in [3.63, 3.8) is 0 Å². The van der Waals surface area contributed by atoms with Gasteiger partial charge in [0.2, 0.25) is 0 Å². The molecule has 0 radical (unpaired) electrons. The fourth-order valence-corrected chi connectivity index (χ4v) is 0. The van der Waals surface area contributed by atoms with Gasteiger partial charge in [0.1, 0.15) is 0 Å².